The van der Waals surface area contributed by atoms with E-state index in [0.29, 0.717) is 58.7 Å². The Hall–Kier alpha value is -10.3. The number of aromatic nitrogens is 1. The van der Waals surface area contributed by atoms with Crippen LogP contribution < -0.4 is 45.5 Å². The molecule has 0 bridgehead atoms. The number of hydrogen-bond acceptors (Lipinski definition) is 19. The summed E-state index contributed by atoms with van der Waals surface area (Å²) in [6.07, 6.45) is 24.4. The highest BCUT2D eigenvalue weighted by Crippen LogP contribution is 2.46. The maximum atomic E-state index is 11.6. The molecule has 6 aliphatic carbocycles. The number of benzene rings is 6. The normalized spacial score (nSPS) is 13.8. The quantitative estimate of drug-likeness (QED) is 0.0329. The molecule has 3 unspecified atom stereocenters. The van der Waals surface area contributed by atoms with E-state index in [4.69, 9.17) is 78.5 Å². The summed E-state index contributed by atoms with van der Waals surface area (Å²) < 4.78 is 6.00. The van der Waals surface area contributed by atoms with Gasteiger partial charge in [-0.05, 0) is 250 Å². The van der Waals surface area contributed by atoms with Crippen LogP contribution in [0.3, 0.4) is 0 Å². The number of rotatable bonds is 16. The lowest BCUT2D eigenvalue weighted by atomic mass is 9.93. The van der Waals surface area contributed by atoms with Crippen molar-refractivity contribution < 1.29 is 72.0 Å². The van der Waals surface area contributed by atoms with Crippen LogP contribution in [-0.2, 0) is 83.3 Å². The van der Waals surface area contributed by atoms with Gasteiger partial charge >= 0.3 is 24.6 Å². The first kappa shape index (κ1) is 96.3. The lowest BCUT2D eigenvalue weighted by molar-refractivity contribution is -0.521. The van der Waals surface area contributed by atoms with Crippen molar-refractivity contribution in [1.29, 1.82) is 0 Å². The third-order valence-electron chi connectivity index (χ3n) is 19.8. The first-order valence-corrected chi connectivity index (χ1v) is 40.7. The van der Waals surface area contributed by atoms with Gasteiger partial charge in [0.1, 0.15) is 0 Å². The molecule has 15 N–H and O–H groups in total. The van der Waals surface area contributed by atoms with Crippen molar-refractivity contribution in [2.75, 3.05) is 6.54 Å². The van der Waals surface area contributed by atoms with Crippen molar-refractivity contribution in [3.8, 4) is 11.1 Å². The summed E-state index contributed by atoms with van der Waals surface area (Å²) in [5.41, 5.74) is 64.2. The Labute approximate surface area is 718 Å². The van der Waals surface area contributed by atoms with Gasteiger partial charge in [-0.1, -0.05) is 161 Å². The minimum absolute atomic E-state index is 0.159. The van der Waals surface area contributed by atoms with E-state index in [0.717, 1.165) is 188 Å². The monoisotopic (exact) mass is 1960 g/mol. The van der Waals surface area contributed by atoms with Gasteiger partial charge in [-0.3, -0.25) is 43.9 Å². The molecule has 6 aromatic carbocycles. The highest BCUT2D eigenvalue weighted by molar-refractivity contribution is 9.11. The number of nitrogens with zero attached hydrogens (tertiary/aromatic N) is 2. The van der Waals surface area contributed by atoms with E-state index in [9.17, 15) is 38.9 Å². The van der Waals surface area contributed by atoms with E-state index >= 15 is 0 Å². The number of nitro groups is 1. The van der Waals surface area contributed by atoms with E-state index in [1.165, 1.54) is 27.9 Å². The Bertz CT molecular complexity index is 5230. The number of aryl methyl sites for hydroxylation is 1. The van der Waals surface area contributed by atoms with E-state index in [1.54, 1.807) is 43.3 Å². The fourth-order valence-electron chi connectivity index (χ4n) is 14.3. The van der Waals surface area contributed by atoms with Gasteiger partial charge in [0.15, 0.2) is 0 Å². The number of allylic oxidation sites excluding steroid dienone is 5. The third-order valence-corrected chi connectivity index (χ3v) is 23.8. The second kappa shape index (κ2) is 46.5. The molecule has 1 aromatic heterocycles. The molecule has 0 radical (unpaired) electrons. The maximum Gasteiger partial charge on any atom is 0.373 e. The Kier molecular flexibility index (Phi) is 38.6. The highest BCUT2D eigenvalue weighted by Gasteiger charge is 2.33. The Balaban J connectivity index is 0.000000242. The lowest BCUT2D eigenvalue weighted by Crippen LogP contribution is -2.34. The lowest BCUT2D eigenvalue weighted by Gasteiger charge is -2.25. The average molecular weight is 1970 g/mol. The number of carbonyl (C=O) groups is 6. The fraction of sp³-hybridized carbons (Fsp3) is 0.274. The van der Waals surface area contributed by atoms with Crippen molar-refractivity contribution >= 4 is 184 Å². The molecule has 0 spiro atoms. The molecule has 1 aliphatic heterocycles. The first-order valence-electron chi connectivity index (χ1n) is 35.9. The van der Waals surface area contributed by atoms with Crippen LogP contribution in [0.1, 0.15) is 214 Å². The number of primary amides is 6. The fourth-order valence-corrected chi connectivity index (χ4v) is 17.8. The van der Waals surface area contributed by atoms with Crippen LogP contribution in [0.4, 0.5) is 0 Å². The zero-order chi connectivity index (χ0) is 86.5. The van der Waals surface area contributed by atoms with Gasteiger partial charge in [-0.25, -0.2) is 0 Å². The summed E-state index contributed by atoms with van der Waals surface area (Å²) in [5, 5.41) is 14.5. The molecule has 32 heteroatoms. The topological polar surface area (TPSA) is 489 Å². The zero-order valence-electron chi connectivity index (χ0n) is 63.5. The van der Waals surface area contributed by atoms with Gasteiger partial charge < -0.3 is 45.5 Å². The molecule has 0 saturated carbocycles. The minimum atomic E-state index is -0.601. The molecule has 7 aromatic rings. The molecule has 116 heavy (non-hydrogen) atoms. The number of nitrogens with two attached hydrogens (primary N) is 7. The number of halogens is 6. The summed E-state index contributed by atoms with van der Waals surface area (Å²) in [6, 6.07) is 24.1. The van der Waals surface area contributed by atoms with Crippen molar-refractivity contribution in [3.05, 3.63) is 258 Å². The Morgan fingerprint density at radius 3 is 1.27 bits per heavy atom. The van der Waals surface area contributed by atoms with E-state index in [1.807, 2.05) is 60.8 Å². The van der Waals surface area contributed by atoms with Gasteiger partial charge in [0.05, 0.1) is 0 Å². The molecular formula is C84H82Br6N10O16. The van der Waals surface area contributed by atoms with E-state index in [-0.39, 0.29) is 65.1 Å². The van der Waals surface area contributed by atoms with Crippen LogP contribution in [0.5, 0.6) is 0 Å². The van der Waals surface area contributed by atoms with Gasteiger partial charge in [0, 0.05) is 120 Å². The Morgan fingerprint density at radius 2 is 0.871 bits per heavy atom. The second-order valence-electron chi connectivity index (χ2n) is 26.2. The zero-order valence-corrected chi connectivity index (χ0v) is 73.1. The SMILES string of the molecule is CCC(CC1=CCc2c(C(N)=O)ccc(Br)c21)[N+](=O)[O-].CCC(N)CC1=CCc2c(C(N)=O)ccc(Br)c21.CCC1=CCc2c(C(N)=O)ccc(Br)c21.CCC1CC2=C(CN1)Cc1c(C(N)=O)ccc(Br)c12.CCc1cc2c(cn1)Cc1c(C(N)=O)ccc(Br)c1-2.NC(=O)c1ccc(Br)c2c1CC=C2.O=C=O.O=C=O.O=C=O.O=C=O. The molecule has 26 nitrogen and oxygen atoms in total. The van der Waals surface area contributed by atoms with Crippen LogP contribution in [0.2, 0.25) is 0 Å². The second-order valence-corrected chi connectivity index (χ2v) is 31.4. The predicted octanol–water partition coefficient (Wildman–Crippen LogP) is 13.9. The minimum Gasteiger partial charge on any atom is -0.366 e. The number of hydrogen-bond donors (Lipinski definition) is 8. The average Bonchev–Trinajstić information content (AvgIpc) is 1.61. The molecule has 14 rings (SSSR count). The van der Waals surface area contributed by atoms with Gasteiger partial charge in [-0.2, -0.15) is 38.4 Å². The number of amides is 6. The standard InChI is InChI=1S/C15H17BrN2O.C15H13BrN2O.C14H15BrN2O3.C14H17BrN2O.C12H12BrNO.C10H8BrNO.4CO2/c2*1-2-9-6-11-8(7-18-9)5-12-10(15(17)19)3-4-13(16)14(11)12;1-2-9(17(19)20)7-8-3-4-10-11(14(16)18)5-6-12(15)13(8)10;1-2-9(16)7-8-3-4-10-11(14(17)18)5-6-12(15)13(8)10;1-2-7-3-4-8-9(12(14)15)5-6-10(13)11(7)8;11-9-5-4-8(10(12)13)6-2-1-3-7(6)9;4*2-1-3/h3-4,9,18H,2,5-7H2,1H3,(H2,17,19);3-4,6-7H,2,5H2,1H3,(H2,17,19);3,5-6,9H,2,4,7H2,1H3,(H2,16,18);3,5-6,9H,2,4,7,16H2,1H3,(H2,17,18);3,5-6H,2,4H2,1H3,(H2,14,15);1,3-5H,2H2,(H2,12,13);;;;. The van der Waals surface area contributed by atoms with Crippen molar-refractivity contribution in [2.24, 2.45) is 40.1 Å². The van der Waals surface area contributed by atoms with Crippen LogP contribution in [0.15, 0.2) is 142 Å². The van der Waals surface area contributed by atoms with Crippen LogP contribution in [0, 0.1) is 10.1 Å². The van der Waals surface area contributed by atoms with Crippen molar-refractivity contribution in [3.63, 3.8) is 0 Å². The molecule has 2 heterocycles. The summed E-state index contributed by atoms with van der Waals surface area (Å²) >= 11 is 21.2. The van der Waals surface area contributed by atoms with E-state index < -0.39 is 11.9 Å². The number of fused-ring (bicyclic) bond motifs is 9. The number of carbonyl (C=O) groups excluding carboxylic acids is 14. The third kappa shape index (κ3) is 24.2. The van der Waals surface area contributed by atoms with Crippen LogP contribution in [-0.4, -0.2) is 94.6 Å². The number of pyridine rings is 1. The summed E-state index contributed by atoms with van der Waals surface area (Å²) in [6.45, 7) is 11.2. The first-order chi connectivity index (χ1) is 55.2. The molecule has 606 valence electrons. The van der Waals surface area contributed by atoms with Crippen molar-refractivity contribution in [1.82, 2.24) is 10.3 Å². The van der Waals surface area contributed by atoms with Crippen LogP contribution >= 0.6 is 95.6 Å². The molecule has 6 amide bonds. The predicted molar refractivity (Wildman–Crippen MR) is 455 cm³/mol. The van der Waals surface area contributed by atoms with Gasteiger partial charge in [0.2, 0.25) is 41.5 Å². The largest absolute Gasteiger partial charge is 0.373 e. The number of nitrogens with one attached hydrogen (secondary N) is 1. The Morgan fingerprint density at radius 1 is 0.491 bits per heavy atom. The summed E-state index contributed by atoms with van der Waals surface area (Å²) in [7, 11) is 0. The molecule has 3 atom stereocenters. The molecule has 0 saturated heterocycles. The highest BCUT2D eigenvalue weighted by atomic mass is 79.9. The summed E-state index contributed by atoms with van der Waals surface area (Å²) in [4.78, 5) is 148. The molecule has 7 aliphatic rings. The molecule has 0 fully saturated rings. The van der Waals surface area contributed by atoms with Gasteiger partial charge in [0.25, 0.3) is 0 Å². The summed E-state index contributed by atoms with van der Waals surface area (Å²) in [5.74, 6) is -2.24. The van der Waals surface area contributed by atoms with Crippen molar-refractivity contribution in [2.45, 2.75) is 143 Å². The van der Waals surface area contributed by atoms with E-state index in [2.05, 4.69) is 152 Å². The van der Waals surface area contributed by atoms with Gasteiger partial charge in [-0.15, -0.1) is 0 Å². The molecular weight excluding hydrogens is 1880 g/mol. The smallest absolute Gasteiger partial charge is 0.366 e. The maximum absolute atomic E-state index is 11.6. The van der Waals surface area contributed by atoms with Crippen LogP contribution in [0.25, 0.3) is 39.5 Å².